The van der Waals surface area contributed by atoms with Crippen LogP contribution in [0.2, 0.25) is 0 Å². The molecule has 3 aromatic carbocycles. The number of para-hydroxylation sites is 1. The molecule has 0 heterocycles. The predicted octanol–water partition coefficient (Wildman–Crippen LogP) is 4.17. The fourth-order valence-corrected chi connectivity index (χ4v) is 2.86. The fourth-order valence-electron chi connectivity index (χ4n) is 2.86. The van der Waals surface area contributed by atoms with Crippen molar-refractivity contribution in [2.45, 2.75) is 13.8 Å². The van der Waals surface area contributed by atoms with Crippen LogP contribution in [0.3, 0.4) is 0 Å². The largest absolute Gasteiger partial charge is 0.507 e. The van der Waals surface area contributed by atoms with Crippen LogP contribution in [0, 0.1) is 0 Å². The smallest absolute Gasteiger partial charge is 0.343 e. The number of nitrogens with zero attached hydrogens (tertiary/aromatic N) is 1. The number of nitrogens with one attached hydrogen (secondary N) is 1. The van der Waals surface area contributed by atoms with Gasteiger partial charge >= 0.3 is 5.97 Å². The molecule has 0 saturated heterocycles. The van der Waals surface area contributed by atoms with Crippen LogP contribution in [-0.4, -0.2) is 36.4 Å². The van der Waals surface area contributed by atoms with Crippen LogP contribution in [0.15, 0.2) is 71.8 Å². The van der Waals surface area contributed by atoms with E-state index in [2.05, 4.69) is 10.5 Å². The Morgan fingerprint density at radius 3 is 2.36 bits per heavy atom. The fraction of sp³-hybridized carbons (Fsp3) is 0.160. The van der Waals surface area contributed by atoms with Gasteiger partial charge in [0, 0.05) is 0 Å². The van der Waals surface area contributed by atoms with Crippen molar-refractivity contribution >= 4 is 18.1 Å². The van der Waals surface area contributed by atoms with E-state index in [-0.39, 0.29) is 17.1 Å². The summed E-state index contributed by atoms with van der Waals surface area (Å²) in [4.78, 5) is 24.6. The number of hydrogen-bond acceptors (Lipinski definition) is 7. The van der Waals surface area contributed by atoms with Gasteiger partial charge in [-0.25, -0.2) is 10.2 Å². The molecule has 0 aromatic heterocycles. The molecule has 2 N–H and O–H groups in total. The topological polar surface area (TPSA) is 106 Å². The summed E-state index contributed by atoms with van der Waals surface area (Å²) in [5.74, 6) is 0.0642. The number of phenols is 1. The Morgan fingerprint density at radius 2 is 1.67 bits per heavy atom. The Morgan fingerprint density at radius 1 is 0.939 bits per heavy atom. The molecule has 1 amide bonds. The van der Waals surface area contributed by atoms with Crippen LogP contribution >= 0.6 is 0 Å². The van der Waals surface area contributed by atoms with Crippen molar-refractivity contribution in [2.75, 3.05) is 13.2 Å². The SMILES string of the molecule is CCOc1ccc(C(=O)Oc2ccc(/C=N/NC(=O)c3ccccc3O)cc2OCC)cc1. The van der Waals surface area contributed by atoms with E-state index in [4.69, 9.17) is 14.2 Å². The number of carbonyl (C=O) groups is 2. The lowest BCUT2D eigenvalue weighted by molar-refractivity contribution is 0.0728. The quantitative estimate of drug-likeness (QED) is 0.220. The minimum Gasteiger partial charge on any atom is -0.507 e. The first-order chi connectivity index (χ1) is 16.0. The van der Waals surface area contributed by atoms with Gasteiger partial charge in [0.05, 0.1) is 30.6 Å². The molecular formula is C25H24N2O6. The highest BCUT2D eigenvalue weighted by molar-refractivity contribution is 5.97. The van der Waals surface area contributed by atoms with E-state index in [1.54, 1.807) is 54.6 Å². The Kier molecular flexibility index (Phi) is 8.02. The van der Waals surface area contributed by atoms with Crippen molar-refractivity contribution in [2.24, 2.45) is 5.10 Å². The molecular weight excluding hydrogens is 424 g/mol. The molecule has 0 bridgehead atoms. The first-order valence-electron chi connectivity index (χ1n) is 10.3. The standard InChI is InChI=1S/C25H24N2O6/c1-3-31-19-12-10-18(11-13-19)25(30)33-22-14-9-17(15-23(22)32-4-2)16-26-27-24(29)20-7-5-6-8-21(20)28/h5-16,28H,3-4H2,1-2H3,(H,27,29)/b26-16+. The molecule has 0 spiro atoms. The average Bonchev–Trinajstić information content (AvgIpc) is 2.81. The van der Waals surface area contributed by atoms with Crippen LogP contribution in [-0.2, 0) is 0 Å². The highest BCUT2D eigenvalue weighted by Gasteiger charge is 2.14. The third-order valence-corrected chi connectivity index (χ3v) is 4.40. The molecule has 8 nitrogen and oxygen atoms in total. The molecule has 0 radical (unpaired) electrons. The minimum absolute atomic E-state index is 0.112. The molecule has 3 rings (SSSR count). The molecule has 170 valence electrons. The van der Waals surface area contributed by atoms with E-state index in [1.807, 2.05) is 13.8 Å². The van der Waals surface area contributed by atoms with Crippen molar-refractivity contribution in [1.82, 2.24) is 5.43 Å². The summed E-state index contributed by atoms with van der Waals surface area (Å²) in [6.45, 7) is 4.59. The van der Waals surface area contributed by atoms with Gasteiger partial charge in [0.1, 0.15) is 11.5 Å². The maximum atomic E-state index is 12.5. The maximum absolute atomic E-state index is 12.5. The molecule has 0 atom stereocenters. The van der Waals surface area contributed by atoms with E-state index >= 15 is 0 Å². The summed E-state index contributed by atoms with van der Waals surface area (Å²) < 4.78 is 16.5. The van der Waals surface area contributed by atoms with Crippen molar-refractivity contribution in [3.8, 4) is 23.0 Å². The number of amides is 1. The average molecular weight is 448 g/mol. The Balaban J connectivity index is 1.69. The van der Waals surface area contributed by atoms with Gasteiger partial charge in [0.25, 0.3) is 5.91 Å². The normalized spacial score (nSPS) is 10.6. The number of aromatic hydroxyl groups is 1. The predicted molar refractivity (Wildman–Crippen MR) is 123 cm³/mol. The van der Waals surface area contributed by atoms with Gasteiger partial charge in [0.15, 0.2) is 11.5 Å². The summed E-state index contributed by atoms with van der Waals surface area (Å²) in [5.41, 5.74) is 3.45. The second-order valence-corrected chi connectivity index (χ2v) is 6.70. The van der Waals surface area contributed by atoms with Gasteiger partial charge < -0.3 is 19.3 Å². The van der Waals surface area contributed by atoms with Crippen molar-refractivity contribution in [3.63, 3.8) is 0 Å². The lowest BCUT2D eigenvalue weighted by Gasteiger charge is -2.11. The van der Waals surface area contributed by atoms with Crippen LogP contribution in [0.25, 0.3) is 0 Å². The van der Waals surface area contributed by atoms with Gasteiger partial charge in [-0.1, -0.05) is 12.1 Å². The van der Waals surface area contributed by atoms with Crippen molar-refractivity contribution < 1.29 is 28.9 Å². The lowest BCUT2D eigenvalue weighted by Crippen LogP contribution is -2.17. The van der Waals surface area contributed by atoms with E-state index in [9.17, 15) is 14.7 Å². The van der Waals surface area contributed by atoms with Crippen LogP contribution in [0.1, 0.15) is 40.1 Å². The summed E-state index contributed by atoms with van der Waals surface area (Å²) >= 11 is 0. The van der Waals surface area contributed by atoms with Crippen molar-refractivity contribution in [3.05, 3.63) is 83.4 Å². The zero-order chi connectivity index (χ0) is 23.6. The number of esters is 1. The molecule has 3 aromatic rings. The minimum atomic E-state index is -0.546. The Bertz CT molecular complexity index is 1140. The van der Waals surface area contributed by atoms with Gasteiger partial charge in [-0.3, -0.25) is 4.79 Å². The van der Waals surface area contributed by atoms with E-state index in [0.29, 0.717) is 35.8 Å². The van der Waals surface area contributed by atoms with Gasteiger partial charge in [0.2, 0.25) is 0 Å². The van der Waals surface area contributed by atoms with E-state index < -0.39 is 11.9 Å². The van der Waals surface area contributed by atoms with Gasteiger partial charge in [-0.15, -0.1) is 0 Å². The highest BCUT2D eigenvalue weighted by Crippen LogP contribution is 2.29. The molecule has 0 saturated carbocycles. The van der Waals surface area contributed by atoms with Crippen LogP contribution < -0.4 is 19.6 Å². The summed E-state index contributed by atoms with van der Waals surface area (Å²) in [5, 5.41) is 13.6. The monoisotopic (exact) mass is 448 g/mol. The zero-order valence-electron chi connectivity index (χ0n) is 18.3. The maximum Gasteiger partial charge on any atom is 0.343 e. The molecule has 0 fully saturated rings. The Hall–Kier alpha value is -4.33. The molecule has 0 aliphatic heterocycles. The second-order valence-electron chi connectivity index (χ2n) is 6.70. The molecule has 0 aliphatic carbocycles. The zero-order valence-corrected chi connectivity index (χ0v) is 18.3. The lowest BCUT2D eigenvalue weighted by atomic mass is 10.2. The summed E-state index contributed by atoms with van der Waals surface area (Å²) in [7, 11) is 0. The third-order valence-electron chi connectivity index (χ3n) is 4.40. The Labute approximate surface area is 191 Å². The molecule has 0 aliphatic rings. The second kappa shape index (κ2) is 11.3. The van der Waals surface area contributed by atoms with Gasteiger partial charge in [-0.2, -0.15) is 5.10 Å². The number of hydrazone groups is 1. The first kappa shape index (κ1) is 23.3. The molecule has 8 heteroatoms. The van der Waals surface area contributed by atoms with Crippen LogP contribution in [0.5, 0.6) is 23.0 Å². The highest BCUT2D eigenvalue weighted by atomic mass is 16.6. The van der Waals surface area contributed by atoms with E-state index in [0.717, 1.165) is 0 Å². The first-order valence-corrected chi connectivity index (χ1v) is 10.3. The number of phenolic OH excluding ortho intramolecular Hbond substituents is 1. The van der Waals surface area contributed by atoms with Crippen LogP contribution in [0.4, 0.5) is 0 Å². The van der Waals surface area contributed by atoms with Gasteiger partial charge in [-0.05, 0) is 74.0 Å². The number of ether oxygens (including phenoxy) is 3. The summed E-state index contributed by atoms with van der Waals surface area (Å²) in [6.07, 6.45) is 1.42. The number of rotatable bonds is 9. The number of hydrogen-bond donors (Lipinski definition) is 2. The summed E-state index contributed by atoms with van der Waals surface area (Å²) in [6, 6.07) is 17.7. The number of carbonyl (C=O) groups excluding carboxylic acids is 2. The molecule has 0 unspecified atom stereocenters. The van der Waals surface area contributed by atoms with E-state index in [1.165, 1.54) is 18.3 Å². The third kappa shape index (κ3) is 6.33. The molecule has 33 heavy (non-hydrogen) atoms. The number of benzene rings is 3. The van der Waals surface area contributed by atoms with Crippen molar-refractivity contribution in [1.29, 1.82) is 0 Å².